The van der Waals surface area contributed by atoms with Crippen molar-refractivity contribution in [3.8, 4) is 0 Å². The molecular weight excluding hydrogens is 194 g/mol. The first kappa shape index (κ1) is 12.2. The van der Waals surface area contributed by atoms with Crippen molar-refractivity contribution in [2.24, 2.45) is 0 Å². The van der Waals surface area contributed by atoms with Crippen molar-refractivity contribution in [2.75, 3.05) is 13.2 Å². The Morgan fingerprint density at radius 2 is 1.93 bits per heavy atom. The zero-order valence-electron chi connectivity index (χ0n) is 9.24. The molecule has 0 heterocycles. The van der Waals surface area contributed by atoms with Gasteiger partial charge in [-0.3, -0.25) is 9.59 Å². The van der Waals surface area contributed by atoms with Gasteiger partial charge in [0.2, 0.25) is 5.91 Å². The van der Waals surface area contributed by atoms with Crippen molar-refractivity contribution in [2.45, 2.75) is 45.1 Å². The normalized spacial score (nSPS) is 16.7. The molecule has 0 aromatic carbocycles. The molecule has 86 valence electrons. The molecule has 1 N–H and O–H groups in total. The van der Waals surface area contributed by atoms with Crippen LogP contribution in [0.2, 0.25) is 0 Å². The number of hydrogen-bond donors (Lipinski definition) is 1. The number of rotatable bonds is 5. The molecular formula is C11H19NO3. The van der Waals surface area contributed by atoms with Crippen molar-refractivity contribution in [3.05, 3.63) is 0 Å². The zero-order valence-corrected chi connectivity index (χ0v) is 9.24. The van der Waals surface area contributed by atoms with E-state index in [1.54, 1.807) is 4.90 Å². The fourth-order valence-corrected chi connectivity index (χ4v) is 2.15. The lowest BCUT2D eigenvalue weighted by Gasteiger charge is -2.28. The number of ketones is 1. The number of hydrogen-bond acceptors (Lipinski definition) is 3. The van der Waals surface area contributed by atoms with Gasteiger partial charge in [-0.1, -0.05) is 12.8 Å². The summed E-state index contributed by atoms with van der Waals surface area (Å²) < 4.78 is 0. The van der Waals surface area contributed by atoms with Gasteiger partial charge in [0.1, 0.15) is 5.78 Å². The summed E-state index contributed by atoms with van der Waals surface area (Å²) in [5.74, 6) is -0.246. The molecule has 0 spiro atoms. The van der Waals surface area contributed by atoms with Gasteiger partial charge in [0.15, 0.2) is 0 Å². The second-order valence-electron chi connectivity index (χ2n) is 4.13. The quantitative estimate of drug-likeness (QED) is 0.685. The Kier molecular flexibility index (Phi) is 4.75. The topological polar surface area (TPSA) is 57.6 Å². The van der Waals surface area contributed by atoms with E-state index >= 15 is 0 Å². The first-order valence-electron chi connectivity index (χ1n) is 5.55. The van der Waals surface area contributed by atoms with Crippen LogP contribution in [-0.2, 0) is 9.59 Å². The van der Waals surface area contributed by atoms with Crippen LogP contribution in [0.15, 0.2) is 0 Å². The maximum atomic E-state index is 11.7. The highest BCUT2D eigenvalue weighted by molar-refractivity contribution is 5.96. The van der Waals surface area contributed by atoms with E-state index in [1.807, 2.05) is 0 Å². The minimum Gasteiger partial charge on any atom is -0.395 e. The molecule has 0 aromatic heterocycles. The molecule has 0 saturated heterocycles. The van der Waals surface area contributed by atoms with Gasteiger partial charge in [0.25, 0.3) is 0 Å². The number of amides is 1. The third-order valence-electron chi connectivity index (χ3n) is 2.83. The van der Waals surface area contributed by atoms with Crippen molar-refractivity contribution in [1.29, 1.82) is 0 Å². The molecule has 1 aliphatic carbocycles. The summed E-state index contributed by atoms with van der Waals surface area (Å²) in [6, 6.07) is 0.240. The third-order valence-corrected chi connectivity index (χ3v) is 2.83. The van der Waals surface area contributed by atoms with Crippen molar-refractivity contribution >= 4 is 11.7 Å². The van der Waals surface area contributed by atoms with Crippen molar-refractivity contribution in [1.82, 2.24) is 4.90 Å². The summed E-state index contributed by atoms with van der Waals surface area (Å²) in [4.78, 5) is 24.3. The van der Waals surface area contributed by atoms with Gasteiger partial charge in [0, 0.05) is 12.6 Å². The number of carbonyl (C=O) groups excluding carboxylic acids is 2. The fourth-order valence-electron chi connectivity index (χ4n) is 2.15. The highest BCUT2D eigenvalue weighted by Gasteiger charge is 2.26. The lowest BCUT2D eigenvalue weighted by Crippen LogP contribution is -2.41. The first-order chi connectivity index (χ1) is 7.15. The van der Waals surface area contributed by atoms with E-state index in [-0.39, 0.29) is 30.8 Å². The summed E-state index contributed by atoms with van der Waals surface area (Å²) in [6.07, 6.45) is 4.25. The van der Waals surface area contributed by atoms with Gasteiger partial charge < -0.3 is 10.0 Å². The van der Waals surface area contributed by atoms with Gasteiger partial charge in [0.05, 0.1) is 13.0 Å². The lowest BCUT2D eigenvalue weighted by molar-refractivity contribution is -0.137. The molecule has 1 aliphatic rings. The molecule has 0 unspecified atom stereocenters. The summed E-state index contributed by atoms with van der Waals surface area (Å²) >= 11 is 0. The SMILES string of the molecule is CC(=O)CC(=O)N(CCO)C1CCCC1. The van der Waals surface area contributed by atoms with Gasteiger partial charge in [-0.05, 0) is 19.8 Å². The van der Waals surface area contributed by atoms with E-state index in [2.05, 4.69) is 0 Å². The fraction of sp³-hybridized carbons (Fsp3) is 0.818. The monoisotopic (exact) mass is 213 g/mol. The van der Waals surface area contributed by atoms with Crippen LogP contribution in [0.5, 0.6) is 0 Å². The van der Waals surface area contributed by atoms with E-state index in [9.17, 15) is 9.59 Å². The highest BCUT2D eigenvalue weighted by Crippen LogP contribution is 2.23. The van der Waals surface area contributed by atoms with Crippen molar-refractivity contribution in [3.63, 3.8) is 0 Å². The number of nitrogens with zero attached hydrogens (tertiary/aromatic N) is 1. The van der Waals surface area contributed by atoms with Crippen LogP contribution in [-0.4, -0.2) is 40.9 Å². The van der Waals surface area contributed by atoms with Gasteiger partial charge >= 0.3 is 0 Å². The second-order valence-corrected chi connectivity index (χ2v) is 4.13. The van der Waals surface area contributed by atoms with Gasteiger partial charge in [-0.2, -0.15) is 0 Å². The number of Topliss-reactive ketones (excluding diaryl/α,β-unsaturated/α-hetero) is 1. The van der Waals surface area contributed by atoms with Crippen LogP contribution in [0, 0.1) is 0 Å². The molecule has 1 rings (SSSR count). The van der Waals surface area contributed by atoms with Gasteiger partial charge in [-0.25, -0.2) is 0 Å². The molecule has 4 nitrogen and oxygen atoms in total. The van der Waals surface area contributed by atoms with E-state index < -0.39 is 0 Å². The van der Waals surface area contributed by atoms with E-state index in [4.69, 9.17) is 5.11 Å². The van der Waals surface area contributed by atoms with Gasteiger partial charge in [-0.15, -0.1) is 0 Å². The largest absolute Gasteiger partial charge is 0.395 e. The minimum absolute atomic E-state index is 0.0276. The Hall–Kier alpha value is -0.900. The predicted octanol–water partition coefficient (Wildman–Crippen LogP) is 0.729. The average molecular weight is 213 g/mol. The number of aliphatic hydroxyl groups excluding tert-OH is 1. The molecule has 0 radical (unpaired) electrons. The van der Waals surface area contributed by atoms with Crippen LogP contribution in [0.1, 0.15) is 39.0 Å². The maximum Gasteiger partial charge on any atom is 0.230 e. The molecule has 1 fully saturated rings. The standard InChI is InChI=1S/C11H19NO3/c1-9(14)8-11(15)12(6-7-13)10-4-2-3-5-10/h10,13H,2-8H2,1H3. The molecule has 1 amide bonds. The number of aliphatic hydroxyl groups is 1. The highest BCUT2D eigenvalue weighted by atomic mass is 16.3. The van der Waals surface area contributed by atoms with Crippen LogP contribution in [0.4, 0.5) is 0 Å². The minimum atomic E-state index is -0.136. The Bertz CT molecular complexity index is 234. The molecule has 4 heteroatoms. The molecule has 0 bridgehead atoms. The van der Waals surface area contributed by atoms with E-state index in [1.165, 1.54) is 6.92 Å². The van der Waals surface area contributed by atoms with Crippen LogP contribution >= 0.6 is 0 Å². The first-order valence-corrected chi connectivity index (χ1v) is 5.55. The van der Waals surface area contributed by atoms with E-state index in [0.29, 0.717) is 6.54 Å². The number of carbonyl (C=O) groups is 2. The van der Waals surface area contributed by atoms with Crippen LogP contribution in [0.25, 0.3) is 0 Å². The van der Waals surface area contributed by atoms with Crippen LogP contribution < -0.4 is 0 Å². The molecule has 15 heavy (non-hydrogen) atoms. The Morgan fingerprint density at radius 3 is 2.40 bits per heavy atom. The molecule has 0 aliphatic heterocycles. The molecule has 0 atom stereocenters. The van der Waals surface area contributed by atoms with Crippen molar-refractivity contribution < 1.29 is 14.7 Å². The summed E-state index contributed by atoms with van der Waals surface area (Å²) in [6.45, 7) is 1.75. The predicted molar refractivity (Wildman–Crippen MR) is 56.4 cm³/mol. The Balaban J connectivity index is 2.55. The lowest BCUT2D eigenvalue weighted by atomic mass is 10.2. The molecule has 1 saturated carbocycles. The van der Waals surface area contributed by atoms with E-state index in [0.717, 1.165) is 25.7 Å². The summed E-state index contributed by atoms with van der Waals surface area (Å²) in [7, 11) is 0. The summed E-state index contributed by atoms with van der Waals surface area (Å²) in [5.41, 5.74) is 0. The second kappa shape index (κ2) is 5.85. The third kappa shape index (κ3) is 3.63. The zero-order chi connectivity index (χ0) is 11.3. The Labute approximate surface area is 90.3 Å². The molecule has 0 aromatic rings. The Morgan fingerprint density at radius 1 is 1.33 bits per heavy atom. The maximum absolute atomic E-state index is 11.7. The smallest absolute Gasteiger partial charge is 0.230 e. The van der Waals surface area contributed by atoms with Crippen LogP contribution in [0.3, 0.4) is 0 Å². The average Bonchev–Trinajstić information content (AvgIpc) is 2.65. The summed E-state index contributed by atoms with van der Waals surface area (Å²) in [5, 5.41) is 8.90.